The monoisotopic (exact) mass is 251 g/mol. The molecule has 1 amide bonds. The standard InChI is InChI=1S/C13H18FN3O/c1-9(10-4-2-3-5-11(10)14)17-13(18)12-8-15-6-7-16-12/h2-5,9,12,15-16H,6-8H2,1H3,(H,17,18). The molecule has 0 radical (unpaired) electrons. The second kappa shape index (κ2) is 5.93. The summed E-state index contributed by atoms with van der Waals surface area (Å²) in [5.74, 6) is -0.391. The first-order valence-electron chi connectivity index (χ1n) is 6.17. The van der Waals surface area contributed by atoms with E-state index in [1.54, 1.807) is 25.1 Å². The van der Waals surface area contributed by atoms with Crippen LogP contribution in [0.25, 0.3) is 0 Å². The average molecular weight is 251 g/mol. The molecule has 1 fully saturated rings. The van der Waals surface area contributed by atoms with Gasteiger partial charge in [-0.25, -0.2) is 4.39 Å². The highest BCUT2D eigenvalue weighted by molar-refractivity contribution is 5.82. The Morgan fingerprint density at radius 2 is 2.22 bits per heavy atom. The smallest absolute Gasteiger partial charge is 0.238 e. The maximum absolute atomic E-state index is 13.6. The number of halogens is 1. The van der Waals surface area contributed by atoms with Crippen molar-refractivity contribution in [2.24, 2.45) is 0 Å². The van der Waals surface area contributed by atoms with Crippen LogP contribution in [0.15, 0.2) is 24.3 Å². The number of rotatable bonds is 3. The van der Waals surface area contributed by atoms with Crippen molar-refractivity contribution in [3.8, 4) is 0 Å². The van der Waals surface area contributed by atoms with Crippen molar-refractivity contribution in [2.75, 3.05) is 19.6 Å². The van der Waals surface area contributed by atoms with Crippen molar-refractivity contribution in [3.05, 3.63) is 35.6 Å². The highest BCUT2D eigenvalue weighted by Crippen LogP contribution is 2.15. The quantitative estimate of drug-likeness (QED) is 0.736. The zero-order chi connectivity index (χ0) is 13.0. The fourth-order valence-corrected chi connectivity index (χ4v) is 2.06. The number of nitrogens with one attached hydrogen (secondary N) is 3. The van der Waals surface area contributed by atoms with Crippen LogP contribution in [-0.4, -0.2) is 31.6 Å². The minimum atomic E-state index is -0.331. The molecule has 2 rings (SSSR count). The van der Waals surface area contributed by atoms with Gasteiger partial charge in [0.25, 0.3) is 0 Å². The van der Waals surface area contributed by atoms with E-state index in [2.05, 4.69) is 16.0 Å². The molecule has 1 aliphatic heterocycles. The molecular weight excluding hydrogens is 233 g/mol. The van der Waals surface area contributed by atoms with Crippen molar-refractivity contribution in [2.45, 2.75) is 19.0 Å². The molecule has 1 aromatic rings. The highest BCUT2D eigenvalue weighted by Gasteiger charge is 2.22. The zero-order valence-electron chi connectivity index (χ0n) is 10.4. The molecule has 3 N–H and O–H groups in total. The van der Waals surface area contributed by atoms with Crippen molar-refractivity contribution in [1.82, 2.24) is 16.0 Å². The molecule has 0 spiro atoms. The molecule has 0 aromatic heterocycles. The summed E-state index contributed by atoms with van der Waals surface area (Å²) in [6.45, 7) is 4.03. The Hall–Kier alpha value is -1.46. The lowest BCUT2D eigenvalue weighted by Crippen LogP contribution is -2.56. The third kappa shape index (κ3) is 3.05. The molecule has 4 nitrogen and oxygen atoms in total. The minimum absolute atomic E-state index is 0.0991. The van der Waals surface area contributed by atoms with Crippen LogP contribution in [0.1, 0.15) is 18.5 Å². The van der Waals surface area contributed by atoms with Gasteiger partial charge in [-0.3, -0.25) is 4.79 Å². The predicted molar refractivity (Wildman–Crippen MR) is 67.6 cm³/mol. The summed E-state index contributed by atoms with van der Waals surface area (Å²) in [5.41, 5.74) is 0.509. The fourth-order valence-electron chi connectivity index (χ4n) is 2.06. The molecule has 0 bridgehead atoms. The first-order valence-corrected chi connectivity index (χ1v) is 6.17. The van der Waals surface area contributed by atoms with Gasteiger partial charge in [-0.1, -0.05) is 18.2 Å². The zero-order valence-corrected chi connectivity index (χ0v) is 10.4. The molecule has 1 aliphatic rings. The van der Waals surface area contributed by atoms with Gasteiger partial charge in [0.15, 0.2) is 0 Å². The van der Waals surface area contributed by atoms with Crippen molar-refractivity contribution in [1.29, 1.82) is 0 Å². The third-order valence-electron chi connectivity index (χ3n) is 3.09. The van der Waals surface area contributed by atoms with Crippen LogP contribution < -0.4 is 16.0 Å². The molecule has 2 atom stereocenters. The maximum Gasteiger partial charge on any atom is 0.238 e. The Balaban J connectivity index is 1.96. The van der Waals surface area contributed by atoms with E-state index < -0.39 is 0 Å². The van der Waals surface area contributed by atoms with Crippen LogP contribution in [0.4, 0.5) is 4.39 Å². The lowest BCUT2D eigenvalue weighted by atomic mass is 10.1. The van der Waals surface area contributed by atoms with Gasteiger partial charge in [0.2, 0.25) is 5.91 Å². The normalized spacial score (nSPS) is 21.3. The Morgan fingerprint density at radius 1 is 1.44 bits per heavy atom. The third-order valence-corrected chi connectivity index (χ3v) is 3.09. The molecule has 5 heteroatoms. The minimum Gasteiger partial charge on any atom is -0.348 e. The molecule has 98 valence electrons. The SMILES string of the molecule is CC(NC(=O)C1CNCCN1)c1ccccc1F. The number of carbonyl (C=O) groups excluding carboxylic acids is 1. The van der Waals surface area contributed by atoms with Gasteiger partial charge in [0.05, 0.1) is 12.1 Å². The second-order valence-corrected chi connectivity index (χ2v) is 4.46. The Bertz CT molecular complexity index is 418. The lowest BCUT2D eigenvalue weighted by molar-refractivity contribution is -0.124. The van der Waals surface area contributed by atoms with Crippen molar-refractivity contribution in [3.63, 3.8) is 0 Å². The van der Waals surface area contributed by atoms with E-state index in [9.17, 15) is 9.18 Å². The number of hydrogen-bond acceptors (Lipinski definition) is 3. The lowest BCUT2D eigenvalue weighted by Gasteiger charge is -2.25. The van der Waals surface area contributed by atoms with Crippen molar-refractivity contribution >= 4 is 5.91 Å². The van der Waals surface area contributed by atoms with Crippen LogP contribution in [-0.2, 0) is 4.79 Å². The van der Waals surface area contributed by atoms with Gasteiger partial charge < -0.3 is 16.0 Å². The molecule has 1 heterocycles. The number of hydrogen-bond donors (Lipinski definition) is 3. The molecule has 1 saturated heterocycles. The van der Waals surface area contributed by atoms with Gasteiger partial charge in [-0.05, 0) is 13.0 Å². The first-order chi connectivity index (χ1) is 8.68. The molecule has 2 unspecified atom stereocenters. The van der Waals surface area contributed by atoms with Crippen LogP contribution >= 0.6 is 0 Å². The van der Waals surface area contributed by atoms with E-state index in [0.29, 0.717) is 12.1 Å². The van der Waals surface area contributed by atoms with Crippen molar-refractivity contribution < 1.29 is 9.18 Å². The first kappa shape index (κ1) is 13.0. The largest absolute Gasteiger partial charge is 0.348 e. The topological polar surface area (TPSA) is 53.2 Å². The van der Waals surface area contributed by atoms with Gasteiger partial charge in [-0.2, -0.15) is 0 Å². The number of benzene rings is 1. The summed E-state index contributed by atoms with van der Waals surface area (Å²) in [7, 11) is 0. The van der Waals surface area contributed by atoms with Gasteiger partial charge >= 0.3 is 0 Å². The van der Waals surface area contributed by atoms with Crippen LogP contribution in [0, 0.1) is 5.82 Å². The van der Waals surface area contributed by atoms with E-state index in [4.69, 9.17) is 0 Å². The van der Waals surface area contributed by atoms with E-state index in [-0.39, 0.29) is 23.8 Å². The summed E-state index contributed by atoms with van der Waals surface area (Å²) in [5, 5.41) is 9.09. The highest BCUT2D eigenvalue weighted by atomic mass is 19.1. The molecule has 1 aromatic carbocycles. The summed E-state index contributed by atoms with van der Waals surface area (Å²) in [6.07, 6.45) is 0. The predicted octanol–water partition coefficient (Wildman–Crippen LogP) is 0.564. The second-order valence-electron chi connectivity index (χ2n) is 4.46. The van der Waals surface area contributed by atoms with E-state index >= 15 is 0 Å². The Morgan fingerprint density at radius 3 is 2.89 bits per heavy atom. The number of amides is 1. The summed E-state index contributed by atoms with van der Waals surface area (Å²) >= 11 is 0. The van der Waals surface area contributed by atoms with Crippen LogP contribution in [0.2, 0.25) is 0 Å². The van der Waals surface area contributed by atoms with Gasteiger partial charge in [-0.15, -0.1) is 0 Å². The van der Waals surface area contributed by atoms with E-state index in [1.807, 2.05) is 0 Å². The number of piperazine rings is 1. The maximum atomic E-state index is 13.6. The van der Waals surface area contributed by atoms with E-state index in [1.165, 1.54) is 6.07 Å². The Kier molecular flexibility index (Phi) is 4.28. The van der Waals surface area contributed by atoms with E-state index in [0.717, 1.165) is 13.1 Å². The summed E-state index contributed by atoms with van der Waals surface area (Å²) < 4.78 is 13.6. The number of carbonyl (C=O) groups is 1. The summed E-state index contributed by atoms with van der Waals surface area (Å²) in [6, 6.07) is 5.92. The Labute approximate surface area is 106 Å². The average Bonchev–Trinajstić information content (AvgIpc) is 2.40. The fraction of sp³-hybridized carbons (Fsp3) is 0.462. The van der Waals surface area contributed by atoms with Gasteiger partial charge in [0.1, 0.15) is 5.82 Å². The van der Waals surface area contributed by atoms with Crippen LogP contribution in [0.5, 0.6) is 0 Å². The molecule has 0 saturated carbocycles. The summed E-state index contributed by atoms with van der Waals surface area (Å²) in [4.78, 5) is 12.0. The molecule has 18 heavy (non-hydrogen) atoms. The van der Waals surface area contributed by atoms with Crippen LogP contribution in [0.3, 0.4) is 0 Å². The van der Waals surface area contributed by atoms with Gasteiger partial charge in [0, 0.05) is 25.2 Å². The molecular formula is C13H18FN3O. The molecule has 0 aliphatic carbocycles.